The van der Waals surface area contributed by atoms with E-state index in [4.69, 9.17) is 4.84 Å². The summed E-state index contributed by atoms with van der Waals surface area (Å²) in [6, 6.07) is 11.2. The molecule has 1 aliphatic rings. The minimum Gasteiger partial charge on any atom is -0.299 e. The molecule has 0 aliphatic carbocycles. The topological polar surface area (TPSA) is 76.5 Å². The van der Waals surface area contributed by atoms with Crippen molar-refractivity contribution in [1.82, 2.24) is 19.9 Å². The third-order valence-corrected chi connectivity index (χ3v) is 6.14. The summed E-state index contributed by atoms with van der Waals surface area (Å²) in [5.41, 5.74) is 5.96. The Labute approximate surface area is 188 Å². The first-order valence-corrected chi connectivity index (χ1v) is 11.2. The molecule has 3 aromatic rings. The number of rotatable bonds is 6. The Morgan fingerprint density at radius 1 is 1.19 bits per heavy atom. The van der Waals surface area contributed by atoms with E-state index in [2.05, 4.69) is 28.4 Å². The molecule has 0 saturated carbocycles. The molecular weight excluding hydrogens is 404 g/mol. The van der Waals surface area contributed by atoms with Gasteiger partial charge < -0.3 is 0 Å². The fourth-order valence-electron chi connectivity index (χ4n) is 4.12. The number of fused-ring (bicyclic) bond motifs is 1. The van der Waals surface area contributed by atoms with Crippen LogP contribution in [0.4, 0.5) is 0 Å². The third kappa shape index (κ3) is 4.74. The van der Waals surface area contributed by atoms with Gasteiger partial charge in [0.2, 0.25) is 0 Å². The van der Waals surface area contributed by atoms with Crippen molar-refractivity contribution in [3.8, 4) is 5.69 Å². The zero-order valence-corrected chi connectivity index (χ0v) is 18.9. The number of piperidine rings is 1. The molecule has 1 aromatic heterocycles. The Hall–Kier alpha value is -3.03. The zero-order valence-electron chi connectivity index (χ0n) is 18.9. The van der Waals surface area contributed by atoms with Gasteiger partial charge in [-0.2, -0.15) is 0 Å². The molecule has 0 spiro atoms. The predicted octanol–water partition coefficient (Wildman–Crippen LogP) is 3.61. The average molecular weight is 435 g/mol. The molecule has 2 heterocycles. The minimum absolute atomic E-state index is 0.144. The van der Waals surface area contributed by atoms with Gasteiger partial charge in [0.1, 0.15) is 6.33 Å². The lowest BCUT2D eigenvalue weighted by Gasteiger charge is -2.30. The summed E-state index contributed by atoms with van der Waals surface area (Å²) in [6.45, 7) is 9.39. The van der Waals surface area contributed by atoms with Crippen molar-refractivity contribution in [2.75, 3.05) is 19.7 Å². The van der Waals surface area contributed by atoms with Gasteiger partial charge in [-0.25, -0.2) is 10.5 Å². The number of nitrogens with one attached hydrogen (secondary N) is 1. The number of likely N-dealkylation sites (tertiary alicyclic amines) is 1. The summed E-state index contributed by atoms with van der Waals surface area (Å²) < 4.78 is 1.52. The highest BCUT2D eigenvalue weighted by atomic mass is 16.6. The van der Waals surface area contributed by atoms with Crippen LogP contribution in [-0.4, -0.2) is 40.1 Å². The van der Waals surface area contributed by atoms with Crippen molar-refractivity contribution >= 4 is 16.8 Å². The lowest BCUT2D eigenvalue weighted by atomic mass is 9.99. The number of amides is 1. The second kappa shape index (κ2) is 9.63. The summed E-state index contributed by atoms with van der Waals surface area (Å²) in [6.07, 6.45) is 3.96. The predicted molar refractivity (Wildman–Crippen MR) is 125 cm³/mol. The average Bonchev–Trinajstić information content (AvgIpc) is 2.80. The number of benzene rings is 2. The lowest BCUT2D eigenvalue weighted by Crippen LogP contribution is -2.32. The van der Waals surface area contributed by atoms with E-state index in [0.29, 0.717) is 28.8 Å². The molecule has 4 rings (SSSR count). The Bertz CT molecular complexity index is 1180. The second-order valence-electron chi connectivity index (χ2n) is 8.60. The van der Waals surface area contributed by atoms with E-state index in [9.17, 15) is 9.59 Å². The smallest absolute Gasteiger partial charge is 0.274 e. The van der Waals surface area contributed by atoms with Gasteiger partial charge in [0.05, 0.1) is 23.2 Å². The maximum Gasteiger partial charge on any atom is 0.274 e. The molecule has 168 valence electrons. The van der Waals surface area contributed by atoms with E-state index in [1.165, 1.54) is 23.7 Å². The third-order valence-electron chi connectivity index (χ3n) is 6.14. The molecule has 1 saturated heterocycles. The Kier molecular flexibility index (Phi) is 6.67. The van der Waals surface area contributed by atoms with Crippen molar-refractivity contribution in [1.29, 1.82) is 0 Å². The van der Waals surface area contributed by atoms with Crippen molar-refractivity contribution in [2.24, 2.45) is 5.92 Å². The minimum atomic E-state index is -0.354. The summed E-state index contributed by atoms with van der Waals surface area (Å²) >= 11 is 0. The molecular formula is C25H30N4O3. The quantitative estimate of drug-likeness (QED) is 0.600. The number of nitrogens with zero attached hydrogens (tertiary/aromatic N) is 3. The molecule has 1 amide bonds. The van der Waals surface area contributed by atoms with Gasteiger partial charge in [-0.15, -0.1) is 0 Å². The molecule has 0 unspecified atom stereocenters. The fraction of sp³-hybridized carbons (Fsp3) is 0.400. The first-order chi connectivity index (χ1) is 15.5. The van der Waals surface area contributed by atoms with Crippen molar-refractivity contribution in [2.45, 2.75) is 40.2 Å². The highest BCUT2D eigenvalue weighted by Crippen LogP contribution is 2.20. The van der Waals surface area contributed by atoms with Crippen LogP contribution in [0, 0.1) is 12.8 Å². The zero-order chi connectivity index (χ0) is 22.7. The highest BCUT2D eigenvalue weighted by Gasteiger charge is 2.17. The van der Waals surface area contributed by atoms with Gasteiger partial charge >= 0.3 is 0 Å². The first-order valence-electron chi connectivity index (χ1n) is 11.2. The fourth-order valence-corrected chi connectivity index (χ4v) is 4.12. The van der Waals surface area contributed by atoms with Crippen molar-refractivity contribution < 1.29 is 9.63 Å². The molecule has 0 atom stereocenters. The molecule has 1 fully saturated rings. The summed E-state index contributed by atoms with van der Waals surface area (Å²) in [5.74, 6) is 0.432. The molecule has 0 radical (unpaired) electrons. The number of aromatic nitrogens is 2. The van der Waals surface area contributed by atoms with Gasteiger partial charge in [-0.1, -0.05) is 19.1 Å². The van der Waals surface area contributed by atoms with Gasteiger partial charge in [0.25, 0.3) is 11.5 Å². The van der Waals surface area contributed by atoms with Crippen LogP contribution in [0.5, 0.6) is 0 Å². The number of hydrogen-bond acceptors (Lipinski definition) is 5. The van der Waals surface area contributed by atoms with Crippen LogP contribution in [0.2, 0.25) is 0 Å². The first kappa shape index (κ1) is 22.2. The van der Waals surface area contributed by atoms with Crippen LogP contribution < -0.4 is 11.0 Å². The van der Waals surface area contributed by atoms with E-state index in [1.807, 2.05) is 25.1 Å². The molecule has 1 N–H and O–H groups in total. The number of hydrogen-bond donors (Lipinski definition) is 1. The second-order valence-corrected chi connectivity index (χ2v) is 8.60. The van der Waals surface area contributed by atoms with Gasteiger partial charge in [0, 0.05) is 12.1 Å². The van der Waals surface area contributed by atoms with Gasteiger partial charge in [0.15, 0.2) is 0 Å². The number of carbonyl (C=O) groups is 1. The monoisotopic (exact) mass is 434 g/mol. The van der Waals surface area contributed by atoms with Gasteiger partial charge in [-0.3, -0.25) is 23.9 Å². The highest BCUT2D eigenvalue weighted by molar-refractivity contribution is 5.94. The van der Waals surface area contributed by atoms with Crippen LogP contribution in [0.3, 0.4) is 0 Å². The maximum absolute atomic E-state index is 13.4. The van der Waals surface area contributed by atoms with Crippen molar-refractivity contribution in [3.05, 3.63) is 69.8 Å². The summed E-state index contributed by atoms with van der Waals surface area (Å²) in [7, 11) is 0. The SMILES string of the molecule is CCONC(=O)c1ccc(C)c(-n2cnc3ccc(CN4CCC(C)CC4)cc3c2=O)c1. The number of carbonyl (C=O) groups excluding carboxylic acids is 1. The molecule has 7 heteroatoms. The molecule has 7 nitrogen and oxygen atoms in total. The van der Waals surface area contributed by atoms with E-state index in [1.54, 1.807) is 19.1 Å². The Morgan fingerprint density at radius 3 is 2.72 bits per heavy atom. The van der Waals surface area contributed by atoms with E-state index in [0.717, 1.165) is 36.7 Å². The van der Waals surface area contributed by atoms with Gasteiger partial charge in [-0.05, 0) is 81.1 Å². The summed E-state index contributed by atoms with van der Waals surface area (Å²) in [5, 5.41) is 0.582. The lowest BCUT2D eigenvalue weighted by molar-refractivity contribution is 0.0364. The Balaban J connectivity index is 1.67. The summed E-state index contributed by atoms with van der Waals surface area (Å²) in [4.78, 5) is 37.7. The van der Waals surface area contributed by atoms with E-state index < -0.39 is 0 Å². The molecule has 0 bridgehead atoms. The molecule has 1 aliphatic heterocycles. The largest absolute Gasteiger partial charge is 0.299 e. The van der Waals surface area contributed by atoms with Crippen molar-refractivity contribution in [3.63, 3.8) is 0 Å². The number of hydroxylamine groups is 1. The van der Waals surface area contributed by atoms with E-state index in [-0.39, 0.29) is 11.5 Å². The van der Waals surface area contributed by atoms with Crippen LogP contribution in [0.1, 0.15) is 48.2 Å². The van der Waals surface area contributed by atoms with Crippen LogP contribution in [0.15, 0.2) is 47.5 Å². The number of aryl methyl sites for hydroxylation is 1. The molecule has 2 aromatic carbocycles. The normalized spacial score (nSPS) is 15.2. The molecule has 32 heavy (non-hydrogen) atoms. The standard InChI is InChI=1S/C25H30N4O3/c1-4-32-27-24(30)20-7-5-18(3)23(14-20)29-16-26-22-8-6-19(13-21(22)25(29)31)15-28-11-9-17(2)10-12-28/h5-8,13-14,16-17H,4,9-12,15H2,1-3H3,(H,27,30). The van der Waals surface area contributed by atoms with Crippen LogP contribution >= 0.6 is 0 Å². The maximum atomic E-state index is 13.4. The Morgan fingerprint density at radius 2 is 1.97 bits per heavy atom. The van der Waals surface area contributed by atoms with E-state index >= 15 is 0 Å². The van der Waals surface area contributed by atoms with Crippen LogP contribution in [-0.2, 0) is 11.4 Å². The van der Waals surface area contributed by atoms with Crippen LogP contribution in [0.25, 0.3) is 16.6 Å².